The molecule has 0 saturated carbocycles. The van der Waals surface area contributed by atoms with E-state index < -0.39 is 10.2 Å². The first-order chi connectivity index (χ1) is 4.11. The van der Waals surface area contributed by atoms with E-state index in [0.717, 1.165) is 4.33 Å². The summed E-state index contributed by atoms with van der Waals surface area (Å²) in [6.07, 6.45) is 1.46. The molecule has 9 heavy (non-hydrogen) atoms. The number of rotatable bonds is 1. The molecule has 0 fully saturated rings. The van der Waals surface area contributed by atoms with E-state index in [1.165, 1.54) is 19.6 Å². The van der Waals surface area contributed by atoms with Gasteiger partial charge in [0.15, 0.2) is 0 Å². The van der Waals surface area contributed by atoms with Crippen molar-refractivity contribution in [3.63, 3.8) is 0 Å². The third-order valence-electron chi connectivity index (χ3n) is 0.794. The van der Waals surface area contributed by atoms with Crippen LogP contribution in [0.4, 0.5) is 0 Å². The molecule has 0 unspecified atom stereocenters. The summed E-state index contributed by atoms with van der Waals surface area (Å²) in [5.41, 5.74) is 2.38. The number of hydrogen-bond acceptors (Lipinski definition) is 3. The second-order valence-corrected chi connectivity index (χ2v) is 2.90. The van der Waals surface area contributed by atoms with Gasteiger partial charge in [-0.2, -0.15) is 12.7 Å². The van der Waals surface area contributed by atoms with Crippen LogP contribution >= 0.6 is 0 Å². The summed E-state index contributed by atoms with van der Waals surface area (Å²) >= 11 is 0. The van der Waals surface area contributed by atoms with Gasteiger partial charge in [-0.25, -0.2) is 5.14 Å². The lowest BCUT2D eigenvalue weighted by molar-refractivity contribution is 0.510. The Bertz CT molecular complexity index is 214. The average Bonchev–Trinajstić information content (AvgIpc) is 2.08. The van der Waals surface area contributed by atoms with Crippen LogP contribution in [0, 0.1) is 0 Å². The highest BCUT2D eigenvalue weighted by molar-refractivity contribution is 7.87. The fourth-order valence-electron chi connectivity index (χ4n) is 0.439. The van der Waals surface area contributed by atoms with E-state index in [-0.39, 0.29) is 0 Å². The second-order valence-electron chi connectivity index (χ2n) is 1.48. The number of hydrazine groups is 1. The molecule has 0 aliphatic carbocycles. The van der Waals surface area contributed by atoms with E-state index in [4.69, 9.17) is 5.14 Å². The van der Waals surface area contributed by atoms with Crippen LogP contribution in [0.15, 0.2) is 12.2 Å². The van der Waals surface area contributed by atoms with Crippen molar-refractivity contribution >= 4 is 17.6 Å². The van der Waals surface area contributed by atoms with Crippen molar-refractivity contribution in [2.45, 2.75) is 0 Å². The molecular weight excluding hydrogens is 141 g/mol. The van der Waals surface area contributed by atoms with Gasteiger partial charge < -0.3 is 5.43 Å². The lowest BCUT2D eigenvalue weighted by Gasteiger charge is -2.10. The molecule has 3 N–H and O–H groups in total. The zero-order valence-electron chi connectivity index (χ0n) is 4.48. The van der Waals surface area contributed by atoms with E-state index in [1.54, 1.807) is 0 Å². The smallest absolute Gasteiger partial charge is 0.293 e. The van der Waals surface area contributed by atoms with Crippen molar-refractivity contribution in [1.82, 2.24) is 9.75 Å². The Morgan fingerprint density at radius 2 is 2.33 bits per heavy atom. The van der Waals surface area contributed by atoms with E-state index in [2.05, 4.69) is 5.43 Å². The van der Waals surface area contributed by atoms with Crippen molar-refractivity contribution in [3.8, 4) is 0 Å². The minimum absolute atomic E-state index is 0.812. The van der Waals surface area contributed by atoms with Crippen LogP contribution in [-0.2, 0) is 10.2 Å². The Labute approximate surface area is 53.9 Å². The molecule has 7 heteroatoms. The molecule has 0 aromatic heterocycles. The van der Waals surface area contributed by atoms with Gasteiger partial charge in [0.05, 0.1) is 0 Å². The molecule has 0 aromatic carbocycles. The maximum atomic E-state index is 10.4. The fourth-order valence-corrected chi connectivity index (χ4v) is 0.887. The van der Waals surface area contributed by atoms with Gasteiger partial charge in [0, 0.05) is 6.20 Å². The fraction of sp³-hybridized carbons (Fsp3) is 0. The van der Waals surface area contributed by atoms with E-state index >= 15 is 0 Å². The van der Waals surface area contributed by atoms with Crippen LogP contribution in [0.2, 0.25) is 0 Å². The molecule has 0 saturated heterocycles. The molecule has 0 amide bonds. The summed E-state index contributed by atoms with van der Waals surface area (Å²) in [4.78, 5) is 0. The molecule has 0 atom stereocenters. The van der Waals surface area contributed by atoms with Crippen LogP contribution in [-0.4, -0.2) is 20.2 Å². The number of hydrogen-bond donors (Lipinski definition) is 2. The summed E-state index contributed by atoms with van der Waals surface area (Å²) in [5.74, 6) is 1.53. The number of nitrogens with one attached hydrogen (secondary N) is 1. The Balaban J connectivity index is 2.68. The third kappa shape index (κ3) is 1.44. The van der Waals surface area contributed by atoms with Crippen molar-refractivity contribution in [2.75, 3.05) is 0 Å². The Morgan fingerprint density at radius 1 is 1.67 bits per heavy atom. The molecule has 0 aromatic rings. The van der Waals surface area contributed by atoms with Gasteiger partial charge in [-0.05, 0) is 0 Å². The quantitative estimate of drug-likeness (QED) is 0.424. The molecule has 1 aliphatic rings. The van der Waals surface area contributed by atoms with Gasteiger partial charge in [0.2, 0.25) is 0 Å². The van der Waals surface area contributed by atoms with E-state index in [1.807, 2.05) is 0 Å². The monoisotopic (exact) mass is 146 g/mol. The van der Waals surface area contributed by atoms with E-state index in [0.29, 0.717) is 0 Å². The molecule has 1 radical (unpaired) electrons. The maximum Gasteiger partial charge on any atom is 0.293 e. The van der Waals surface area contributed by atoms with Gasteiger partial charge in [0.1, 0.15) is 0 Å². The number of nitrogens with two attached hydrogens (primary N) is 1. The number of nitrogens with zero attached hydrogens (tertiary/aromatic N) is 1. The first kappa shape index (κ1) is 6.59. The molecule has 49 valence electrons. The highest BCUT2D eigenvalue weighted by Gasteiger charge is 2.17. The van der Waals surface area contributed by atoms with Gasteiger partial charge >= 0.3 is 0 Å². The molecule has 0 spiro atoms. The van der Waals surface area contributed by atoms with Gasteiger partial charge in [0.25, 0.3) is 17.6 Å². The summed E-state index contributed by atoms with van der Waals surface area (Å²) in [6.45, 7) is 0. The summed E-state index contributed by atoms with van der Waals surface area (Å²) in [6, 6.07) is 0. The minimum atomic E-state index is -3.60. The lowest BCUT2D eigenvalue weighted by atomic mass is 9.99. The predicted octanol–water partition coefficient (Wildman–Crippen LogP) is -1.90. The van der Waals surface area contributed by atoms with Crippen molar-refractivity contribution < 1.29 is 8.42 Å². The maximum absolute atomic E-state index is 10.4. The SMILES string of the molecule is NS(=O)(=O)N1[B]C=CN1. The normalized spacial score (nSPS) is 19.2. The van der Waals surface area contributed by atoms with Crippen LogP contribution in [0.5, 0.6) is 0 Å². The van der Waals surface area contributed by atoms with Gasteiger partial charge in [-0.3, -0.25) is 0 Å². The highest BCUT2D eigenvalue weighted by Crippen LogP contribution is 1.92. The van der Waals surface area contributed by atoms with Crippen molar-refractivity contribution in [1.29, 1.82) is 0 Å². The zero-order chi connectivity index (χ0) is 6.91. The lowest BCUT2D eigenvalue weighted by Crippen LogP contribution is -2.42. The Morgan fingerprint density at radius 3 is 2.56 bits per heavy atom. The second kappa shape index (κ2) is 2.01. The predicted molar refractivity (Wildman–Crippen MR) is 33.0 cm³/mol. The molecule has 0 bridgehead atoms. The van der Waals surface area contributed by atoms with Crippen molar-refractivity contribution in [3.05, 3.63) is 12.2 Å². The van der Waals surface area contributed by atoms with Crippen molar-refractivity contribution in [2.24, 2.45) is 5.14 Å². The van der Waals surface area contributed by atoms with Gasteiger partial charge in [-0.15, -0.1) is 0 Å². The molecule has 5 nitrogen and oxygen atoms in total. The molecular formula is C2H5BN3O2S. The van der Waals surface area contributed by atoms with E-state index in [9.17, 15) is 8.42 Å². The Hall–Kier alpha value is -0.525. The molecule has 1 heterocycles. The third-order valence-corrected chi connectivity index (χ3v) is 1.57. The topological polar surface area (TPSA) is 75.4 Å². The molecule has 1 rings (SSSR count). The average molecular weight is 146 g/mol. The van der Waals surface area contributed by atoms with Gasteiger partial charge in [-0.1, -0.05) is 5.98 Å². The first-order valence-corrected chi connectivity index (χ1v) is 3.69. The van der Waals surface area contributed by atoms with Crippen LogP contribution in [0.3, 0.4) is 0 Å². The summed E-state index contributed by atoms with van der Waals surface area (Å²) < 4.78 is 21.6. The standard InChI is InChI=1S/C2H5BN3O2S/c4-9(7,8)6-3-1-2-5-6/h1-2,5H,(H2,4,7,8). The minimum Gasteiger partial charge on any atom is -0.324 e. The van der Waals surface area contributed by atoms with Crippen LogP contribution in [0.1, 0.15) is 0 Å². The largest absolute Gasteiger partial charge is 0.324 e. The highest BCUT2D eigenvalue weighted by atomic mass is 32.2. The zero-order valence-corrected chi connectivity index (χ0v) is 5.30. The summed E-state index contributed by atoms with van der Waals surface area (Å²) in [5, 5.41) is 4.71. The Kier molecular flexibility index (Phi) is 1.48. The van der Waals surface area contributed by atoms with Crippen LogP contribution < -0.4 is 10.6 Å². The first-order valence-electron chi connectivity index (χ1n) is 2.19. The summed E-state index contributed by atoms with van der Waals surface area (Å²) in [7, 11) is -2.28. The van der Waals surface area contributed by atoms with Crippen LogP contribution in [0.25, 0.3) is 0 Å². The molecule has 1 aliphatic heterocycles.